The van der Waals surface area contributed by atoms with Crippen molar-refractivity contribution in [1.29, 1.82) is 0 Å². The van der Waals surface area contributed by atoms with Gasteiger partial charge in [-0.3, -0.25) is 4.79 Å². The Hall–Kier alpha value is -2.86. The molecule has 0 bridgehead atoms. The van der Waals surface area contributed by atoms with E-state index in [1.807, 2.05) is 12.1 Å². The van der Waals surface area contributed by atoms with Crippen molar-refractivity contribution in [3.05, 3.63) is 63.7 Å². The van der Waals surface area contributed by atoms with E-state index < -0.39 is 0 Å². The molecule has 0 saturated heterocycles. The Morgan fingerprint density at radius 1 is 1.15 bits per heavy atom. The highest BCUT2D eigenvalue weighted by atomic mass is 16.5. The van der Waals surface area contributed by atoms with Crippen LogP contribution in [0.5, 0.6) is 11.5 Å². The number of aryl methyl sites for hydroxylation is 1. The molecule has 0 aliphatic rings. The molecule has 0 fully saturated rings. The molecule has 6 nitrogen and oxygen atoms in total. The number of benzene rings is 2. The van der Waals surface area contributed by atoms with Crippen LogP contribution < -0.4 is 20.3 Å². The molecule has 1 aromatic heterocycles. The fraction of sp³-hybridized carbons (Fsp3) is 0.300. The fourth-order valence-corrected chi connectivity index (χ4v) is 3.03. The summed E-state index contributed by atoms with van der Waals surface area (Å²) in [6.45, 7) is 4.63. The lowest BCUT2D eigenvalue weighted by atomic mass is 10.0. The average molecular weight is 353 g/mol. The first kappa shape index (κ1) is 17.9. The van der Waals surface area contributed by atoms with Gasteiger partial charge in [0.15, 0.2) is 11.5 Å². The first-order chi connectivity index (χ1) is 12.5. The third-order valence-corrected chi connectivity index (χ3v) is 4.49. The van der Waals surface area contributed by atoms with Crippen molar-refractivity contribution in [3.8, 4) is 11.5 Å². The minimum atomic E-state index is -0.198. The summed E-state index contributed by atoms with van der Waals surface area (Å²) in [5, 5.41) is 3.88. The Bertz CT molecular complexity index is 982. The lowest BCUT2D eigenvalue weighted by molar-refractivity contribution is 0.355. The molecule has 2 N–H and O–H groups in total. The summed E-state index contributed by atoms with van der Waals surface area (Å²) in [6, 6.07) is 11.7. The fourth-order valence-electron chi connectivity index (χ4n) is 3.03. The van der Waals surface area contributed by atoms with Crippen molar-refractivity contribution < 1.29 is 9.47 Å². The minimum Gasteiger partial charge on any atom is -0.493 e. The number of fused-ring (bicyclic) bond motifs is 1. The van der Waals surface area contributed by atoms with Crippen molar-refractivity contribution in [2.24, 2.45) is 0 Å². The summed E-state index contributed by atoms with van der Waals surface area (Å²) in [5.41, 5.74) is 2.83. The zero-order chi connectivity index (χ0) is 18.7. The number of hydrogen-bond acceptors (Lipinski definition) is 5. The molecule has 0 saturated carbocycles. The molecule has 136 valence electrons. The van der Waals surface area contributed by atoms with E-state index in [0.717, 1.165) is 0 Å². The molecular formula is C20H23N3O3. The Morgan fingerprint density at radius 3 is 2.54 bits per heavy atom. The van der Waals surface area contributed by atoms with E-state index in [4.69, 9.17) is 9.47 Å². The number of rotatable bonds is 6. The predicted octanol–water partition coefficient (Wildman–Crippen LogP) is 3.10. The summed E-state index contributed by atoms with van der Waals surface area (Å²) in [6.07, 6.45) is 0. The van der Waals surface area contributed by atoms with Crippen LogP contribution in [0.2, 0.25) is 0 Å². The highest BCUT2D eigenvalue weighted by Crippen LogP contribution is 2.29. The van der Waals surface area contributed by atoms with Crippen LogP contribution in [0.15, 0.2) is 41.2 Å². The van der Waals surface area contributed by atoms with Gasteiger partial charge in [0, 0.05) is 12.1 Å². The molecule has 3 aromatic rings. The summed E-state index contributed by atoms with van der Waals surface area (Å²) >= 11 is 0. The zero-order valence-electron chi connectivity index (χ0n) is 15.4. The highest BCUT2D eigenvalue weighted by molar-refractivity contribution is 5.81. The van der Waals surface area contributed by atoms with E-state index in [0.29, 0.717) is 34.8 Å². The van der Waals surface area contributed by atoms with E-state index in [2.05, 4.69) is 41.3 Å². The maximum atomic E-state index is 12.4. The van der Waals surface area contributed by atoms with Gasteiger partial charge >= 0.3 is 0 Å². The Morgan fingerprint density at radius 2 is 1.85 bits per heavy atom. The van der Waals surface area contributed by atoms with Crippen LogP contribution in [0.1, 0.15) is 29.9 Å². The van der Waals surface area contributed by atoms with Gasteiger partial charge in [-0.05, 0) is 31.0 Å². The van der Waals surface area contributed by atoms with E-state index in [9.17, 15) is 4.79 Å². The van der Waals surface area contributed by atoms with Crippen LogP contribution in [0.4, 0.5) is 0 Å². The molecule has 0 spiro atoms. The number of H-pyrrole nitrogens is 1. The van der Waals surface area contributed by atoms with Crippen molar-refractivity contribution in [1.82, 2.24) is 15.3 Å². The SMILES string of the molecule is COc1cc2nc(CNC(C)c3ccccc3C)[nH]c(=O)c2cc1OC. The second-order valence-electron chi connectivity index (χ2n) is 6.20. The maximum absolute atomic E-state index is 12.4. The van der Waals surface area contributed by atoms with Gasteiger partial charge in [-0.2, -0.15) is 0 Å². The first-order valence-corrected chi connectivity index (χ1v) is 8.47. The number of aromatic nitrogens is 2. The molecule has 0 aliphatic heterocycles. The topological polar surface area (TPSA) is 76.2 Å². The quantitative estimate of drug-likeness (QED) is 0.712. The highest BCUT2D eigenvalue weighted by Gasteiger charge is 2.12. The molecular weight excluding hydrogens is 330 g/mol. The van der Waals surface area contributed by atoms with E-state index in [1.54, 1.807) is 19.2 Å². The molecule has 0 radical (unpaired) electrons. The van der Waals surface area contributed by atoms with E-state index in [-0.39, 0.29) is 11.6 Å². The van der Waals surface area contributed by atoms with Gasteiger partial charge in [0.1, 0.15) is 5.82 Å². The number of methoxy groups -OCH3 is 2. The molecule has 1 heterocycles. The van der Waals surface area contributed by atoms with Crippen LogP contribution in [-0.2, 0) is 6.54 Å². The standard InChI is InChI=1S/C20H23N3O3/c1-12-7-5-6-8-14(12)13(2)21-11-19-22-16-10-18(26-4)17(25-3)9-15(16)20(24)23-19/h5-10,13,21H,11H2,1-4H3,(H,22,23,24). The molecule has 1 atom stereocenters. The van der Waals surface area contributed by atoms with Gasteiger partial charge in [-0.15, -0.1) is 0 Å². The number of nitrogens with zero attached hydrogens (tertiary/aromatic N) is 1. The van der Waals surface area contributed by atoms with Gasteiger partial charge in [0.2, 0.25) is 0 Å². The Kier molecular flexibility index (Phi) is 5.23. The lowest BCUT2D eigenvalue weighted by Crippen LogP contribution is -2.22. The molecule has 26 heavy (non-hydrogen) atoms. The Balaban J connectivity index is 1.87. The normalized spacial score (nSPS) is 12.2. The molecule has 2 aromatic carbocycles. The number of ether oxygens (including phenoxy) is 2. The van der Waals surface area contributed by atoms with E-state index in [1.165, 1.54) is 18.2 Å². The monoisotopic (exact) mass is 353 g/mol. The smallest absolute Gasteiger partial charge is 0.258 e. The average Bonchev–Trinajstić information content (AvgIpc) is 2.65. The summed E-state index contributed by atoms with van der Waals surface area (Å²) in [7, 11) is 3.10. The largest absolute Gasteiger partial charge is 0.493 e. The number of hydrogen-bond donors (Lipinski definition) is 2. The summed E-state index contributed by atoms with van der Waals surface area (Å²) in [5.74, 6) is 1.63. The van der Waals surface area contributed by atoms with Crippen LogP contribution in [0.3, 0.4) is 0 Å². The van der Waals surface area contributed by atoms with Crippen LogP contribution in [0.25, 0.3) is 10.9 Å². The van der Waals surface area contributed by atoms with Gasteiger partial charge in [-0.1, -0.05) is 24.3 Å². The van der Waals surface area contributed by atoms with Gasteiger partial charge in [0.05, 0.1) is 31.7 Å². The van der Waals surface area contributed by atoms with Crippen LogP contribution in [-0.4, -0.2) is 24.2 Å². The minimum absolute atomic E-state index is 0.141. The molecule has 1 unspecified atom stereocenters. The number of nitrogens with one attached hydrogen (secondary N) is 2. The second-order valence-corrected chi connectivity index (χ2v) is 6.20. The Labute approximate surface area is 152 Å². The van der Waals surface area contributed by atoms with Crippen LogP contribution in [0, 0.1) is 6.92 Å². The third kappa shape index (κ3) is 3.55. The number of aromatic amines is 1. The van der Waals surface area contributed by atoms with Crippen molar-refractivity contribution in [2.45, 2.75) is 26.4 Å². The van der Waals surface area contributed by atoms with Gasteiger partial charge < -0.3 is 19.8 Å². The summed E-state index contributed by atoms with van der Waals surface area (Å²) in [4.78, 5) is 19.8. The maximum Gasteiger partial charge on any atom is 0.258 e. The van der Waals surface area contributed by atoms with Gasteiger partial charge in [0.25, 0.3) is 5.56 Å². The van der Waals surface area contributed by atoms with Crippen molar-refractivity contribution >= 4 is 10.9 Å². The molecule has 0 aliphatic carbocycles. The molecule has 3 rings (SSSR count). The van der Waals surface area contributed by atoms with Gasteiger partial charge in [-0.25, -0.2) is 4.98 Å². The van der Waals surface area contributed by atoms with Crippen LogP contribution >= 0.6 is 0 Å². The van der Waals surface area contributed by atoms with E-state index >= 15 is 0 Å². The lowest BCUT2D eigenvalue weighted by Gasteiger charge is -2.16. The van der Waals surface area contributed by atoms with Crippen molar-refractivity contribution in [2.75, 3.05) is 14.2 Å². The molecule has 0 amide bonds. The van der Waals surface area contributed by atoms with Crippen molar-refractivity contribution in [3.63, 3.8) is 0 Å². The second kappa shape index (κ2) is 7.58. The first-order valence-electron chi connectivity index (χ1n) is 8.47. The summed E-state index contributed by atoms with van der Waals surface area (Å²) < 4.78 is 10.6. The predicted molar refractivity (Wildman–Crippen MR) is 102 cm³/mol. The third-order valence-electron chi connectivity index (χ3n) is 4.49. The zero-order valence-corrected chi connectivity index (χ0v) is 15.4. The molecule has 6 heteroatoms.